The fraction of sp³-hybridized carbons (Fsp3) is 0.200. The molecule has 2 rings (SSSR count). The summed E-state index contributed by atoms with van der Waals surface area (Å²) in [7, 11) is 1.90. The number of thioether (sulfide) groups is 1. The average molecular weight is 221 g/mol. The Balaban J connectivity index is 2.06. The molecule has 0 fully saturated rings. The van der Waals surface area contributed by atoms with E-state index in [-0.39, 0.29) is 0 Å². The summed E-state index contributed by atoms with van der Waals surface area (Å²) < 4.78 is 1.87. The fourth-order valence-electron chi connectivity index (χ4n) is 1.16. The third-order valence-electron chi connectivity index (χ3n) is 2.03. The number of rotatable bonds is 3. The molecule has 78 valence electrons. The SMILES string of the molecule is Cn1cnnc1CSc1ccccc1O. The topological polar surface area (TPSA) is 50.9 Å². The Bertz CT molecular complexity index is 455. The van der Waals surface area contributed by atoms with E-state index in [0.29, 0.717) is 11.5 Å². The summed E-state index contributed by atoms with van der Waals surface area (Å²) in [4.78, 5) is 0.862. The fourth-order valence-corrected chi connectivity index (χ4v) is 2.10. The van der Waals surface area contributed by atoms with Crippen molar-refractivity contribution in [3.8, 4) is 5.75 Å². The van der Waals surface area contributed by atoms with Gasteiger partial charge in [0.2, 0.25) is 0 Å². The zero-order valence-corrected chi connectivity index (χ0v) is 9.11. The van der Waals surface area contributed by atoms with E-state index in [4.69, 9.17) is 0 Å². The van der Waals surface area contributed by atoms with E-state index in [2.05, 4.69) is 10.2 Å². The lowest BCUT2D eigenvalue weighted by Crippen LogP contribution is -1.94. The van der Waals surface area contributed by atoms with Crippen LogP contribution in [0.4, 0.5) is 0 Å². The van der Waals surface area contributed by atoms with E-state index in [1.165, 1.54) is 0 Å². The lowest BCUT2D eigenvalue weighted by atomic mass is 10.3. The first kappa shape index (κ1) is 10.0. The summed E-state index contributed by atoms with van der Waals surface area (Å²) in [5, 5.41) is 17.3. The van der Waals surface area contributed by atoms with Gasteiger partial charge >= 0.3 is 0 Å². The summed E-state index contributed by atoms with van der Waals surface area (Å²) in [5.41, 5.74) is 0. The van der Waals surface area contributed by atoms with Crippen molar-refractivity contribution in [3.05, 3.63) is 36.4 Å². The number of nitrogens with zero attached hydrogens (tertiary/aromatic N) is 3. The summed E-state index contributed by atoms with van der Waals surface area (Å²) in [6.07, 6.45) is 1.67. The minimum atomic E-state index is 0.310. The van der Waals surface area contributed by atoms with Crippen molar-refractivity contribution >= 4 is 11.8 Å². The molecule has 5 heteroatoms. The molecule has 1 N–H and O–H groups in total. The standard InChI is InChI=1S/C10H11N3OS/c1-13-7-11-12-10(13)6-15-9-5-3-2-4-8(9)14/h2-5,7,14H,6H2,1H3. The monoisotopic (exact) mass is 221 g/mol. The molecule has 4 nitrogen and oxygen atoms in total. The smallest absolute Gasteiger partial charge is 0.142 e. The zero-order chi connectivity index (χ0) is 10.7. The van der Waals surface area contributed by atoms with Gasteiger partial charge in [-0.1, -0.05) is 12.1 Å². The van der Waals surface area contributed by atoms with Gasteiger partial charge in [0.15, 0.2) is 0 Å². The van der Waals surface area contributed by atoms with Crippen LogP contribution in [0.25, 0.3) is 0 Å². The summed E-state index contributed by atoms with van der Waals surface area (Å²) in [6.45, 7) is 0. The minimum absolute atomic E-state index is 0.310. The maximum Gasteiger partial charge on any atom is 0.142 e. The Hall–Kier alpha value is -1.49. The van der Waals surface area contributed by atoms with Crippen molar-refractivity contribution in [2.24, 2.45) is 7.05 Å². The second kappa shape index (κ2) is 4.35. The van der Waals surface area contributed by atoms with Gasteiger partial charge in [-0.15, -0.1) is 22.0 Å². The van der Waals surface area contributed by atoms with Crippen LogP contribution < -0.4 is 0 Å². The molecular formula is C10H11N3OS. The number of hydrogen-bond acceptors (Lipinski definition) is 4. The molecule has 0 saturated heterocycles. The Labute approximate surface area is 92.0 Å². The van der Waals surface area contributed by atoms with Crippen LogP contribution in [0.1, 0.15) is 5.82 Å². The number of benzene rings is 1. The third-order valence-corrected chi connectivity index (χ3v) is 3.09. The Kier molecular flexibility index (Phi) is 2.91. The highest BCUT2D eigenvalue weighted by molar-refractivity contribution is 7.98. The number of phenolic OH excluding ortho intramolecular Hbond substituents is 1. The number of aryl methyl sites for hydroxylation is 1. The molecule has 0 bridgehead atoms. The summed E-state index contributed by atoms with van der Waals surface area (Å²) >= 11 is 1.55. The Morgan fingerprint density at radius 1 is 1.40 bits per heavy atom. The molecule has 0 radical (unpaired) electrons. The number of aromatic hydroxyl groups is 1. The van der Waals surface area contributed by atoms with Gasteiger partial charge in [0.05, 0.1) is 5.75 Å². The van der Waals surface area contributed by atoms with Crippen LogP contribution >= 0.6 is 11.8 Å². The second-order valence-electron chi connectivity index (χ2n) is 3.11. The molecule has 0 saturated carbocycles. The van der Waals surface area contributed by atoms with E-state index in [1.54, 1.807) is 24.2 Å². The van der Waals surface area contributed by atoms with Gasteiger partial charge in [-0.25, -0.2) is 0 Å². The molecule has 2 aromatic rings. The van der Waals surface area contributed by atoms with Crippen LogP contribution in [-0.2, 0) is 12.8 Å². The molecule has 0 unspecified atom stereocenters. The predicted molar refractivity (Wildman–Crippen MR) is 58.7 cm³/mol. The van der Waals surface area contributed by atoms with Gasteiger partial charge in [0, 0.05) is 11.9 Å². The number of hydrogen-bond donors (Lipinski definition) is 1. The van der Waals surface area contributed by atoms with Crippen LogP contribution in [-0.4, -0.2) is 19.9 Å². The Morgan fingerprint density at radius 2 is 2.20 bits per heavy atom. The van der Waals surface area contributed by atoms with E-state index < -0.39 is 0 Å². The van der Waals surface area contributed by atoms with E-state index >= 15 is 0 Å². The van der Waals surface area contributed by atoms with Gasteiger partial charge in [0.1, 0.15) is 17.9 Å². The van der Waals surface area contributed by atoms with Crippen molar-refractivity contribution in [3.63, 3.8) is 0 Å². The zero-order valence-electron chi connectivity index (χ0n) is 8.29. The number of aromatic nitrogens is 3. The number of phenols is 1. The van der Waals surface area contributed by atoms with Crippen LogP contribution in [0.5, 0.6) is 5.75 Å². The van der Waals surface area contributed by atoms with Crippen molar-refractivity contribution in [1.82, 2.24) is 14.8 Å². The van der Waals surface area contributed by atoms with Gasteiger partial charge in [-0.3, -0.25) is 0 Å². The van der Waals surface area contributed by atoms with Crippen LogP contribution in [0.15, 0.2) is 35.5 Å². The molecule has 1 aromatic carbocycles. The van der Waals surface area contributed by atoms with Crippen molar-refractivity contribution in [1.29, 1.82) is 0 Å². The van der Waals surface area contributed by atoms with E-state index in [1.807, 2.05) is 29.8 Å². The van der Waals surface area contributed by atoms with Crippen LogP contribution in [0, 0.1) is 0 Å². The molecule has 0 amide bonds. The van der Waals surface area contributed by atoms with Crippen LogP contribution in [0.3, 0.4) is 0 Å². The van der Waals surface area contributed by atoms with Crippen molar-refractivity contribution in [2.75, 3.05) is 0 Å². The first-order chi connectivity index (χ1) is 7.27. The first-order valence-electron chi connectivity index (χ1n) is 4.51. The highest BCUT2D eigenvalue weighted by atomic mass is 32.2. The van der Waals surface area contributed by atoms with Gasteiger partial charge in [0.25, 0.3) is 0 Å². The van der Waals surface area contributed by atoms with E-state index in [0.717, 1.165) is 10.7 Å². The molecule has 1 heterocycles. The Morgan fingerprint density at radius 3 is 2.87 bits per heavy atom. The van der Waals surface area contributed by atoms with Crippen molar-refractivity contribution < 1.29 is 5.11 Å². The highest BCUT2D eigenvalue weighted by Crippen LogP contribution is 2.29. The molecular weight excluding hydrogens is 210 g/mol. The normalized spacial score (nSPS) is 10.5. The predicted octanol–water partition coefficient (Wildman–Crippen LogP) is 1.81. The summed E-state index contributed by atoms with van der Waals surface area (Å²) in [5.74, 6) is 1.90. The van der Waals surface area contributed by atoms with Crippen molar-refractivity contribution in [2.45, 2.75) is 10.6 Å². The molecule has 15 heavy (non-hydrogen) atoms. The molecule has 0 spiro atoms. The molecule has 1 aromatic heterocycles. The highest BCUT2D eigenvalue weighted by Gasteiger charge is 2.04. The number of para-hydroxylation sites is 1. The minimum Gasteiger partial charge on any atom is -0.507 e. The largest absolute Gasteiger partial charge is 0.507 e. The molecule has 0 aliphatic carbocycles. The summed E-state index contributed by atoms with van der Waals surface area (Å²) in [6, 6.07) is 7.27. The molecule has 0 aliphatic heterocycles. The molecule has 0 atom stereocenters. The van der Waals surface area contributed by atoms with Gasteiger partial charge < -0.3 is 9.67 Å². The van der Waals surface area contributed by atoms with Crippen LogP contribution in [0.2, 0.25) is 0 Å². The molecule has 0 aliphatic rings. The average Bonchev–Trinajstić information content (AvgIpc) is 2.63. The maximum atomic E-state index is 9.54. The first-order valence-corrected chi connectivity index (χ1v) is 5.49. The maximum absolute atomic E-state index is 9.54. The lowest BCUT2D eigenvalue weighted by molar-refractivity contribution is 0.462. The quantitative estimate of drug-likeness (QED) is 0.803. The van der Waals surface area contributed by atoms with E-state index in [9.17, 15) is 5.11 Å². The van der Waals surface area contributed by atoms with Gasteiger partial charge in [-0.05, 0) is 12.1 Å². The third kappa shape index (κ3) is 2.30. The lowest BCUT2D eigenvalue weighted by Gasteiger charge is -2.03. The second-order valence-corrected chi connectivity index (χ2v) is 4.13. The van der Waals surface area contributed by atoms with Gasteiger partial charge in [-0.2, -0.15) is 0 Å².